The van der Waals surface area contributed by atoms with Crippen molar-refractivity contribution >= 4 is 46.6 Å². The van der Waals surface area contributed by atoms with Crippen LogP contribution in [0.4, 0.5) is 83.8 Å². The number of nitrogens with zero attached hydrogens (tertiary/aromatic N) is 3. The number of ether oxygens (including phenoxy) is 2. The normalized spacial score (nSPS) is 14.8. The first-order chi connectivity index (χ1) is 37.7. The van der Waals surface area contributed by atoms with Crippen molar-refractivity contribution in [2.45, 2.75) is 125 Å². The second-order valence-electron chi connectivity index (χ2n) is 18.4. The topological polar surface area (TPSA) is 175 Å². The zero-order chi connectivity index (χ0) is 61.5. The fourth-order valence-corrected chi connectivity index (χ4v) is 9.57. The summed E-state index contributed by atoms with van der Waals surface area (Å²) in [6.07, 6.45) is -21.4. The Balaban J connectivity index is 1.15. The number of hydrogen-bond donors (Lipinski definition) is 3. The molecule has 6 rings (SSSR count). The second kappa shape index (κ2) is 23.4. The Hall–Kier alpha value is -6.93. The van der Waals surface area contributed by atoms with Crippen molar-refractivity contribution in [1.82, 2.24) is 30.9 Å². The predicted octanol–water partition coefficient (Wildman–Crippen LogP) is 13.6. The van der Waals surface area contributed by atoms with Crippen LogP contribution in [0.2, 0.25) is 0 Å². The molecule has 33 heteroatoms. The number of benzene rings is 2. The summed E-state index contributed by atoms with van der Waals surface area (Å²) in [6.45, 7) is 8.33. The van der Waals surface area contributed by atoms with Gasteiger partial charge in [0.25, 0.3) is 11.8 Å². The minimum Gasteiger partial charge on any atom is -0.457 e. The largest absolute Gasteiger partial charge is 0.460 e. The molecule has 3 heterocycles. The summed E-state index contributed by atoms with van der Waals surface area (Å²) in [7, 11) is 0. The number of alkyl carbamates (subject to hydrolysis) is 1. The van der Waals surface area contributed by atoms with Gasteiger partial charge in [0.1, 0.15) is 40.7 Å². The molecule has 0 spiro atoms. The van der Waals surface area contributed by atoms with Crippen molar-refractivity contribution in [2.24, 2.45) is 0 Å². The van der Waals surface area contributed by atoms with E-state index in [0.29, 0.717) is 5.01 Å². The molecule has 0 fully saturated rings. The molecule has 0 bridgehead atoms. The maximum Gasteiger partial charge on any atom is 0.460 e. The highest BCUT2D eigenvalue weighted by Gasteiger charge is 2.82. The lowest BCUT2D eigenvalue weighted by molar-refractivity contribution is -0.396. The number of thiazole rings is 2. The minimum absolute atomic E-state index is 0.0250. The third kappa shape index (κ3) is 12.8. The van der Waals surface area contributed by atoms with Crippen molar-refractivity contribution in [1.29, 1.82) is 0 Å². The average Bonchev–Trinajstić information content (AvgIpc) is 3.51. The molecule has 5 aromatic rings. The Morgan fingerprint density at radius 3 is 1.54 bits per heavy atom. The van der Waals surface area contributed by atoms with E-state index in [1.54, 1.807) is 6.92 Å². The van der Waals surface area contributed by atoms with Gasteiger partial charge in [-0.3, -0.25) is 9.59 Å². The molecular formula is C49H42F18N6O7S2. The number of alkyl halides is 18. The highest BCUT2D eigenvalue weighted by atomic mass is 32.1. The van der Waals surface area contributed by atoms with Gasteiger partial charge in [0.15, 0.2) is 11.4 Å². The summed E-state index contributed by atoms with van der Waals surface area (Å²) in [4.78, 5) is 64.5. The van der Waals surface area contributed by atoms with E-state index >= 15 is 0 Å². The molecule has 0 saturated carbocycles. The summed E-state index contributed by atoms with van der Waals surface area (Å²) in [5.41, 5.74) is -1.15. The van der Waals surface area contributed by atoms with Gasteiger partial charge >= 0.3 is 60.0 Å². The summed E-state index contributed by atoms with van der Waals surface area (Å²) in [5.74, 6) is -44.2. The molecule has 1 aliphatic carbocycles. The molecular weight excluding hydrogens is 1190 g/mol. The molecule has 3 atom stereocenters. The molecule has 0 radical (unpaired) electrons. The van der Waals surface area contributed by atoms with Crippen LogP contribution < -0.4 is 16.0 Å². The number of amides is 3. The Morgan fingerprint density at radius 1 is 0.622 bits per heavy atom. The van der Waals surface area contributed by atoms with Gasteiger partial charge < -0.3 is 29.8 Å². The molecule has 448 valence electrons. The Kier molecular flexibility index (Phi) is 18.3. The summed E-state index contributed by atoms with van der Waals surface area (Å²) in [6, 6.07) is 3.27. The number of aromatic nitrogens is 3. The van der Waals surface area contributed by atoms with Crippen LogP contribution in [0.3, 0.4) is 0 Å². The molecule has 0 aliphatic heterocycles. The number of carbonyl (C=O) groups is 4. The van der Waals surface area contributed by atoms with E-state index in [4.69, 9.17) is 13.9 Å². The number of halogens is 18. The minimum atomic E-state index is -7.19. The summed E-state index contributed by atoms with van der Waals surface area (Å²) in [5, 5.41) is 11.2. The predicted molar refractivity (Wildman–Crippen MR) is 253 cm³/mol. The van der Waals surface area contributed by atoms with Crippen LogP contribution in [-0.4, -0.2) is 99.9 Å². The number of nitrogens with one attached hydrogen (secondary N) is 3. The second-order valence-corrected chi connectivity index (χ2v) is 20.2. The fourth-order valence-electron chi connectivity index (χ4n) is 7.97. The SMILES string of the molecule is C=CCOC(=O)c1csc([C@@H](C)NC(=O)c2csc([C@H](C)NC(=O)c3nc([C@H](C)NC(=O)OCC4c5cc(CCC(F)(F)C(F)(F)C(F)(F)C(F)(F)F)ccc5-c5ccc(CCC(F)(F)C(F)(F)C(F)(F)C(F)(F)F)cc54)oc3C)n2)n1. The maximum atomic E-state index is 14.6. The molecule has 0 saturated heterocycles. The van der Waals surface area contributed by atoms with Crippen molar-refractivity contribution in [2.75, 3.05) is 13.2 Å². The van der Waals surface area contributed by atoms with E-state index in [-0.39, 0.29) is 62.6 Å². The van der Waals surface area contributed by atoms with E-state index in [0.717, 1.165) is 59.1 Å². The lowest BCUT2D eigenvalue weighted by Gasteiger charge is -2.33. The van der Waals surface area contributed by atoms with Crippen LogP contribution in [0.5, 0.6) is 0 Å². The van der Waals surface area contributed by atoms with E-state index in [9.17, 15) is 98.2 Å². The van der Waals surface area contributed by atoms with Gasteiger partial charge in [-0.05, 0) is 73.9 Å². The number of fused-ring (bicyclic) bond motifs is 3. The lowest BCUT2D eigenvalue weighted by Crippen LogP contribution is -2.60. The van der Waals surface area contributed by atoms with Gasteiger partial charge in [-0.2, -0.15) is 79.0 Å². The van der Waals surface area contributed by atoms with Crippen LogP contribution in [0.15, 0.2) is 64.2 Å². The van der Waals surface area contributed by atoms with E-state index in [2.05, 4.69) is 37.5 Å². The number of aryl methyl sites for hydroxylation is 3. The highest BCUT2D eigenvalue weighted by molar-refractivity contribution is 7.10. The molecule has 82 heavy (non-hydrogen) atoms. The van der Waals surface area contributed by atoms with Crippen LogP contribution >= 0.6 is 22.7 Å². The van der Waals surface area contributed by atoms with Gasteiger partial charge in [-0.1, -0.05) is 49.1 Å². The molecule has 3 aromatic heterocycles. The van der Waals surface area contributed by atoms with Gasteiger partial charge in [0.2, 0.25) is 5.89 Å². The third-order valence-electron chi connectivity index (χ3n) is 12.5. The molecule has 2 aromatic carbocycles. The monoisotopic (exact) mass is 1230 g/mol. The standard InChI is InChI=1S/C49H42F18N6O7S2/c1-6-15-78-40(76)33-20-82-39(72-33)22(3)68-35(74)32-19-81-38(71-32)23(4)69-36(75)34-24(5)80-37(73-34)21(2)70-41(77)79-18-31-29-16-25(11-13-42(50,51)44(54,55)46(58,59)48(62,63)64)7-9-27(29)28-10-8-26(17-30(28)31)12-14-43(52,53)45(56,57)47(60,61)49(65,66)67/h6-10,16-17,19-23,31H,1,11-15,18H2,2-5H3,(H,68,74)(H,69,75)(H,70,77)/t21-,22+,23-/m0/s1. The first-order valence-electron chi connectivity index (χ1n) is 23.6. The lowest BCUT2D eigenvalue weighted by atomic mass is 9.92. The Bertz CT molecular complexity index is 3090. The molecule has 3 amide bonds. The number of rotatable bonds is 23. The molecule has 3 N–H and O–H groups in total. The summed E-state index contributed by atoms with van der Waals surface area (Å²) >= 11 is 2.11. The van der Waals surface area contributed by atoms with Crippen LogP contribution in [0, 0.1) is 6.92 Å². The van der Waals surface area contributed by atoms with Gasteiger partial charge in [-0.15, -0.1) is 22.7 Å². The van der Waals surface area contributed by atoms with Crippen molar-refractivity contribution in [3.05, 3.63) is 121 Å². The van der Waals surface area contributed by atoms with Gasteiger partial charge in [0, 0.05) is 29.5 Å². The Morgan fingerprint density at radius 2 is 1.07 bits per heavy atom. The first-order valence-corrected chi connectivity index (χ1v) is 25.3. The van der Waals surface area contributed by atoms with Crippen LogP contribution in [-0.2, 0) is 22.3 Å². The van der Waals surface area contributed by atoms with Crippen LogP contribution in [0.25, 0.3) is 11.1 Å². The number of esters is 1. The van der Waals surface area contributed by atoms with Crippen molar-refractivity contribution < 1.29 is 112 Å². The van der Waals surface area contributed by atoms with Crippen molar-refractivity contribution in [3.63, 3.8) is 0 Å². The third-order valence-corrected chi connectivity index (χ3v) is 14.6. The highest BCUT2D eigenvalue weighted by Crippen LogP contribution is 2.56. The van der Waals surface area contributed by atoms with Gasteiger partial charge in [-0.25, -0.2) is 24.5 Å². The van der Waals surface area contributed by atoms with E-state index in [1.807, 2.05) is 0 Å². The van der Waals surface area contributed by atoms with E-state index in [1.165, 1.54) is 37.6 Å². The zero-order valence-electron chi connectivity index (χ0n) is 42.3. The fraction of sp³-hybridized carbons (Fsp3) is 0.449. The quantitative estimate of drug-likeness (QED) is 0.0324. The van der Waals surface area contributed by atoms with Gasteiger partial charge in [0.05, 0.1) is 12.1 Å². The number of oxazole rings is 1. The zero-order valence-corrected chi connectivity index (χ0v) is 43.9. The van der Waals surface area contributed by atoms with E-state index < -0.39 is 139 Å². The molecule has 13 nitrogen and oxygen atoms in total. The smallest absolute Gasteiger partial charge is 0.457 e. The molecule has 0 unspecified atom stereocenters. The number of hydrogen-bond acceptors (Lipinski definition) is 12. The van der Waals surface area contributed by atoms with Crippen molar-refractivity contribution in [3.8, 4) is 11.1 Å². The summed E-state index contributed by atoms with van der Waals surface area (Å²) < 4.78 is 262. The number of carbonyl (C=O) groups excluding carboxylic acids is 4. The van der Waals surface area contributed by atoms with Crippen LogP contribution in [0.1, 0.15) is 133 Å². The molecule has 1 aliphatic rings. The first kappa shape index (κ1) is 64.2. The average molecular weight is 1230 g/mol. The Labute approximate surface area is 458 Å². The maximum absolute atomic E-state index is 14.6.